The molecule has 1 aromatic carbocycles. The number of hydrogen-bond donors (Lipinski definition) is 2. The number of hydrogen-bond acceptors (Lipinski definition) is 3. The molecular formula is C16H21NO4. The fraction of sp³-hybridized carbons (Fsp3) is 0.500. The van der Waals surface area contributed by atoms with Crippen LogP contribution in [0.25, 0.3) is 0 Å². The Hall–Kier alpha value is -1.88. The number of aryl methyl sites for hydroxylation is 1. The highest BCUT2D eigenvalue weighted by molar-refractivity contribution is 5.91. The van der Waals surface area contributed by atoms with Crippen LogP contribution in [0.2, 0.25) is 0 Å². The van der Waals surface area contributed by atoms with Gasteiger partial charge >= 0.3 is 5.97 Å². The molecule has 114 valence electrons. The lowest BCUT2D eigenvalue weighted by molar-refractivity contribution is -0.137. The molecular weight excluding hydrogens is 270 g/mol. The zero-order valence-corrected chi connectivity index (χ0v) is 12.0. The first-order valence-electron chi connectivity index (χ1n) is 7.35. The standard InChI is InChI=1S/C16H21NO4/c18-15(11-14-6-1-2-9-21-14)17-13-5-3-4-12(10-13)7-8-16(19)20/h3-5,10,14H,1-2,6-9,11H2,(H,17,18)(H,19,20). The third kappa shape index (κ3) is 5.55. The van der Waals surface area contributed by atoms with Gasteiger partial charge in [-0.1, -0.05) is 12.1 Å². The Morgan fingerprint density at radius 2 is 2.19 bits per heavy atom. The maximum absolute atomic E-state index is 12.0. The molecule has 5 heteroatoms. The monoisotopic (exact) mass is 291 g/mol. The van der Waals surface area contributed by atoms with Gasteiger partial charge in [-0.3, -0.25) is 9.59 Å². The van der Waals surface area contributed by atoms with Crippen LogP contribution >= 0.6 is 0 Å². The summed E-state index contributed by atoms with van der Waals surface area (Å²) in [4.78, 5) is 22.5. The minimum absolute atomic E-state index is 0.0222. The van der Waals surface area contributed by atoms with E-state index in [2.05, 4.69) is 5.32 Å². The fourth-order valence-electron chi connectivity index (χ4n) is 2.44. The SMILES string of the molecule is O=C(O)CCc1cccc(NC(=O)CC2CCCCO2)c1. The van der Waals surface area contributed by atoms with E-state index in [4.69, 9.17) is 9.84 Å². The molecule has 0 aromatic heterocycles. The molecule has 2 rings (SSSR count). The summed E-state index contributed by atoms with van der Waals surface area (Å²) in [6.45, 7) is 0.739. The molecule has 1 fully saturated rings. The molecule has 0 bridgehead atoms. The van der Waals surface area contributed by atoms with Gasteiger partial charge in [0.2, 0.25) is 5.91 Å². The molecule has 1 unspecified atom stereocenters. The second-order valence-electron chi connectivity index (χ2n) is 5.33. The minimum atomic E-state index is -0.820. The maximum Gasteiger partial charge on any atom is 0.303 e. The lowest BCUT2D eigenvalue weighted by atomic mass is 10.1. The number of carboxylic acid groups (broad SMARTS) is 1. The molecule has 0 spiro atoms. The third-order valence-electron chi connectivity index (χ3n) is 3.53. The minimum Gasteiger partial charge on any atom is -0.481 e. The van der Waals surface area contributed by atoms with Crippen LogP contribution in [0.1, 0.15) is 37.7 Å². The molecule has 0 aliphatic carbocycles. The zero-order chi connectivity index (χ0) is 15.1. The molecule has 1 atom stereocenters. The Morgan fingerprint density at radius 1 is 1.33 bits per heavy atom. The number of nitrogens with one attached hydrogen (secondary N) is 1. The normalized spacial score (nSPS) is 18.2. The van der Waals surface area contributed by atoms with E-state index in [0.717, 1.165) is 31.4 Å². The van der Waals surface area contributed by atoms with Crippen molar-refractivity contribution in [2.24, 2.45) is 0 Å². The van der Waals surface area contributed by atoms with Gasteiger partial charge in [0.15, 0.2) is 0 Å². The van der Waals surface area contributed by atoms with Crippen molar-refractivity contribution < 1.29 is 19.4 Å². The van der Waals surface area contributed by atoms with Crippen LogP contribution in [-0.4, -0.2) is 29.7 Å². The number of amides is 1. The van der Waals surface area contributed by atoms with Crippen LogP contribution in [0, 0.1) is 0 Å². The Morgan fingerprint density at radius 3 is 2.90 bits per heavy atom. The number of ether oxygens (including phenoxy) is 1. The molecule has 21 heavy (non-hydrogen) atoms. The molecule has 1 aromatic rings. The first-order chi connectivity index (χ1) is 10.1. The van der Waals surface area contributed by atoms with Crippen molar-refractivity contribution in [3.8, 4) is 0 Å². The highest BCUT2D eigenvalue weighted by Crippen LogP contribution is 2.17. The molecule has 1 aliphatic rings. The van der Waals surface area contributed by atoms with Crippen molar-refractivity contribution in [3.05, 3.63) is 29.8 Å². The summed E-state index contributed by atoms with van der Waals surface area (Å²) < 4.78 is 5.55. The summed E-state index contributed by atoms with van der Waals surface area (Å²) in [5.41, 5.74) is 1.61. The largest absolute Gasteiger partial charge is 0.481 e. The number of benzene rings is 1. The van der Waals surface area contributed by atoms with E-state index in [9.17, 15) is 9.59 Å². The van der Waals surface area contributed by atoms with Crippen molar-refractivity contribution in [3.63, 3.8) is 0 Å². The van der Waals surface area contributed by atoms with Gasteiger partial charge in [-0.2, -0.15) is 0 Å². The Labute approximate surface area is 124 Å². The number of carboxylic acids is 1. The van der Waals surface area contributed by atoms with Gasteiger partial charge in [0.1, 0.15) is 0 Å². The van der Waals surface area contributed by atoms with Crippen molar-refractivity contribution in [1.82, 2.24) is 0 Å². The molecule has 0 saturated carbocycles. The van der Waals surface area contributed by atoms with Gasteiger partial charge in [0.25, 0.3) is 0 Å². The first-order valence-corrected chi connectivity index (χ1v) is 7.35. The van der Waals surface area contributed by atoms with Crippen LogP contribution in [0.4, 0.5) is 5.69 Å². The summed E-state index contributed by atoms with van der Waals surface area (Å²) in [7, 11) is 0. The van der Waals surface area contributed by atoms with E-state index in [0.29, 0.717) is 18.5 Å². The van der Waals surface area contributed by atoms with Crippen molar-refractivity contribution in [2.75, 3.05) is 11.9 Å². The summed E-state index contributed by atoms with van der Waals surface area (Å²) in [5.74, 6) is -0.879. The zero-order valence-electron chi connectivity index (χ0n) is 12.0. The molecule has 2 N–H and O–H groups in total. The Bertz CT molecular complexity index is 495. The van der Waals surface area contributed by atoms with E-state index in [1.165, 1.54) is 0 Å². The topological polar surface area (TPSA) is 75.6 Å². The number of aliphatic carboxylic acids is 1. The van der Waals surface area contributed by atoms with Crippen LogP contribution in [0.15, 0.2) is 24.3 Å². The predicted molar refractivity (Wildman–Crippen MR) is 79.2 cm³/mol. The fourth-order valence-corrected chi connectivity index (χ4v) is 2.44. The predicted octanol–water partition coefficient (Wildman–Crippen LogP) is 2.60. The van der Waals surface area contributed by atoms with Crippen molar-refractivity contribution >= 4 is 17.6 Å². The van der Waals surface area contributed by atoms with E-state index in [1.54, 1.807) is 0 Å². The summed E-state index contributed by atoms with van der Waals surface area (Å²) >= 11 is 0. The number of carbonyl (C=O) groups is 2. The van der Waals surface area contributed by atoms with Gasteiger partial charge in [-0.25, -0.2) is 0 Å². The Kier molecular flexibility index (Phi) is 5.75. The number of anilines is 1. The Balaban J connectivity index is 1.85. The highest BCUT2D eigenvalue weighted by Gasteiger charge is 2.17. The molecule has 5 nitrogen and oxygen atoms in total. The quantitative estimate of drug-likeness (QED) is 0.844. The van der Waals surface area contributed by atoms with Gasteiger partial charge in [-0.15, -0.1) is 0 Å². The van der Waals surface area contributed by atoms with Crippen LogP contribution < -0.4 is 5.32 Å². The van der Waals surface area contributed by atoms with Crippen molar-refractivity contribution in [1.29, 1.82) is 0 Å². The smallest absolute Gasteiger partial charge is 0.303 e. The van der Waals surface area contributed by atoms with Crippen molar-refractivity contribution in [2.45, 2.75) is 44.6 Å². The highest BCUT2D eigenvalue weighted by atomic mass is 16.5. The summed E-state index contributed by atoms with van der Waals surface area (Å²) in [6, 6.07) is 7.32. The second kappa shape index (κ2) is 7.78. The second-order valence-corrected chi connectivity index (χ2v) is 5.33. The van der Waals surface area contributed by atoms with E-state index >= 15 is 0 Å². The average molecular weight is 291 g/mol. The number of rotatable bonds is 6. The van der Waals surface area contributed by atoms with E-state index in [-0.39, 0.29) is 18.4 Å². The lowest BCUT2D eigenvalue weighted by Gasteiger charge is -2.22. The van der Waals surface area contributed by atoms with Crippen LogP contribution in [0.3, 0.4) is 0 Å². The maximum atomic E-state index is 12.0. The van der Waals surface area contributed by atoms with Gasteiger partial charge in [0.05, 0.1) is 12.5 Å². The lowest BCUT2D eigenvalue weighted by Crippen LogP contribution is -2.25. The summed E-state index contributed by atoms with van der Waals surface area (Å²) in [5, 5.41) is 11.5. The third-order valence-corrected chi connectivity index (χ3v) is 3.53. The molecule has 1 amide bonds. The van der Waals surface area contributed by atoms with Crippen LogP contribution in [-0.2, 0) is 20.7 Å². The summed E-state index contributed by atoms with van der Waals surface area (Å²) in [6.07, 6.45) is 4.07. The van der Waals surface area contributed by atoms with Crippen LogP contribution in [0.5, 0.6) is 0 Å². The first kappa shape index (κ1) is 15.5. The average Bonchev–Trinajstić information content (AvgIpc) is 2.46. The molecule has 1 heterocycles. The molecule has 0 radical (unpaired) electrons. The molecule has 1 aliphatic heterocycles. The molecule has 1 saturated heterocycles. The van der Waals surface area contributed by atoms with Gasteiger partial charge in [-0.05, 0) is 43.4 Å². The van der Waals surface area contributed by atoms with Gasteiger partial charge < -0.3 is 15.2 Å². The van der Waals surface area contributed by atoms with E-state index < -0.39 is 5.97 Å². The van der Waals surface area contributed by atoms with Gasteiger partial charge in [0, 0.05) is 18.7 Å². The van der Waals surface area contributed by atoms with E-state index in [1.807, 2.05) is 24.3 Å². The number of carbonyl (C=O) groups excluding carboxylic acids is 1.